The van der Waals surface area contributed by atoms with Crippen LogP contribution in [-0.4, -0.2) is 18.0 Å². The number of aromatic amines is 1. The van der Waals surface area contributed by atoms with Crippen LogP contribution in [0.15, 0.2) is 36.4 Å². The van der Waals surface area contributed by atoms with Crippen molar-refractivity contribution in [1.29, 1.82) is 0 Å². The second kappa shape index (κ2) is 7.04. The van der Waals surface area contributed by atoms with E-state index in [0.717, 1.165) is 18.4 Å². The van der Waals surface area contributed by atoms with Crippen LogP contribution < -0.4 is 10.1 Å². The van der Waals surface area contributed by atoms with Gasteiger partial charge in [0.1, 0.15) is 5.75 Å². The van der Waals surface area contributed by atoms with Crippen molar-refractivity contribution in [3.8, 4) is 5.75 Å². The number of nitrogens with one attached hydrogen (secondary N) is 2. The molecule has 0 bridgehead atoms. The second-order valence-electron chi connectivity index (χ2n) is 6.70. The quantitative estimate of drug-likeness (QED) is 0.704. The Morgan fingerprint density at radius 2 is 2.04 bits per heavy atom. The van der Waals surface area contributed by atoms with Crippen molar-refractivity contribution in [3.63, 3.8) is 0 Å². The summed E-state index contributed by atoms with van der Waals surface area (Å²) >= 11 is 6.02. The fraction of sp³-hybridized carbons (Fsp3) is 0.286. The van der Waals surface area contributed by atoms with Gasteiger partial charge >= 0.3 is 0 Å². The fourth-order valence-corrected chi connectivity index (χ4v) is 3.87. The van der Waals surface area contributed by atoms with E-state index in [9.17, 15) is 4.79 Å². The van der Waals surface area contributed by atoms with Gasteiger partial charge in [0.25, 0.3) is 5.91 Å². The Morgan fingerprint density at radius 3 is 2.88 bits per heavy atom. The Balaban J connectivity index is 1.54. The number of aryl methyl sites for hydroxylation is 2. The van der Waals surface area contributed by atoms with Crippen LogP contribution in [0.3, 0.4) is 0 Å². The summed E-state index contributed by atoms with van der Waals surface area (Å²) in [6.45, 7) is 0.463. The van der Waals surface area contributed by atoms with E-state index >= 15 is 0 Å². The molecule has 0 saturated heterocycles. The highest BCUT2D eigenvalue weighted by molar-refractivity contribution is 6.31. The Labute approximate surface area is 157 Å². The number of benzene rings is 2. The van der Waals surface area contributed by atoms with E-state index in [1.807, 2.05) is 0 Å². The zero-order chi connectivity index (χ0) is 18.1. The number of H-pyrrole nitrogens is 1. The molecule has 2 aromatic carbocycles. The third-order valence-electron chi connectivity index (χ3n) is 5.02. The average Bonchev–Trinajstić information content (AvgIpc) is 3.04. The van der Waals surface area contributed by atoms with E-state index in [2.05, 4.69) is 28.5 Å². The SMILES string of the molecule is COc1ccc(Cl)cc1C(=O)NCc1ccc2[nH]c3c(c2c1)CCCC3. The van der Waals surface area contributed by atoms with Crippen LogP contribution >= 0.6 is 11.6 Å². The Hall–Kier alpha value is -2.46. The number of carbonyl (C=O) groups is 1. The maximum Gasteiger partial charge on any atom is 0.255 e. The van der Waals surface area contributed by atoms with Crippen molar-refractivity contribution in [2.24, 2.45) is 0 Å². The molecule has 2 N–H and O–H groups in total. The van der Waals surface area contributed by atoms with E-state index in [-0.39, 0.29) is 5.91 Å². The number of ether oxygens (including phenoxy) is 1. The largest absolute Gasteiger partial charge is 0.496 e. The monoisotopic (exact) mass is 368 g/mol. The van der Waals surface area contributed by atoms with Gasteiger partial charge in [-0.25, -0.2) is 0 Å². The molecule has 1 heterocycles. The first-order valence-corrected chi connectivity index (χ1v) is 9.27. The normalized spacial score (nSPS) is 13.5. The third-order valence-corrected chi connectivity index (χ3v) is 5.26. The topological polar surface area (TPSA) is 54.1 Å². The molecule has 0 atom stereocenters. The number of halogens is 1. The van der Waals surface area contributed by atoms with Gasteiger partial charge in [0, 0.05) is 28.2 Å². The number of hydrogen-bond acceptors (Lipinski definition) is 2. The molecule has 0 radical (unpaired) electrons. The average molecular weight is 369 g/mol. The summed E-state index contributed by atoms with van der Waals surface area (Å²) < 4.78 is 5.26. The molecule has 0 aliphatic heterocycles. The van der Waals surface area contributed by atoms with E-state index in [0.29, 0.717) is 22.9 Å². The molecule has 5 heteroatoms. The fourth-order valence-electron chi connectivity index (χ4n) is 3.70. The first-order chi connectivity index (χ1) is 12.7. The van der Waals surface area contributed by atoms with Crippen molar-refractivity contribution in [1.82, 2.24) is 10.3 Å². The smallest absolute Gasteiger partial charge is 0.255 e. The van der Waals surface area contributed by atoms with Gasteiger partial charge in [0.05, 0.1) is 12.7 Å². The molecule has 3 aromatic rings. The van der Waals surface area contributed by atoms with Crippen molar-refractivity contribution in [2.45, 2.75) is 32.2 Å². The van der Waals surface area contributed by atoms with Gasteiger partial charge in [0.15, 0.2) is 0 Å². The van der Waals surface area contributed by atoms with Gasteiger partial charge in [-0.3, -0.25) is 4.79 Å². The first-order valence-electron chi connectivity index (χ1n) is 8.90. The molecule has 0 unspecified atom stereocenters. The lowest BCUT2D eigenvalue weighted by Gasteiger charge is -2.11. The first kappa shape index (κ1) is 17.0. The van der Waals surface area contributed by atoms with E-state index < -0.39 is 0 Å². The lowest BCUT2D eigenvalue weighted by Crippen LogP contribution is -2.23. The number of rotatable bonds is 4. The van der Waals surface area contributed by atoms with Crippen LogP contribution in [0.1, 0.15) is 40.0 Å². The predicted octanol–water partition coefficient (Wildman–Crippen LogP) is 4.64. The third kappa shape index (κ3) is 3.17. The lowest BCUT2D eigenvalue weighted by molar-refractivity contribution is 0.0948. The number of aromatic nitrogens is 1. The van der Waals surface area contributed by atoms with Crippen LogP contribution in [0, 0.1) is 0 Å². The molecule has 1 aliphatic rings. The standard InChI is InChI=1S/C21H21ClN2O2/c1-26-20-9-7-14(22)11-17(20)21(25)23-12-13-6-8-19-16(10-13)15-4-2-3-5-18(15)24-19/h6-11,24H,2-5,12H2,1H3,(H,23,25). The van der Waals surface area contributed by atoms with Crippen LogP contribution in [0.25, 0.3) is 10.9 Å². The van der Waals surface area contributed by atoms with E-state index in [1.165, 1.54) is 35.0 Å². The highest BCUT2D eigenvalue weighted by Crippen LogP contribution is 2.29. The van der Waals surface area contributed by atoms with E-state index in [4.69, 9.17) is 16.3 Å². The zero-order valence-corrected chi connectivity index (χ0v) is 15.5. The molecule has 0 fully saturated rings. The Morgan fingerprint density at radius 1 is 1.19 bits per heavy atom. The molecule has 134 valence electrons. The summed E-state index contributed by atoms with van der Waals surface area (Å²) in [7, 11) is 1.54. The van der Waals surface area contributed by atoms with E-state index in [1.54, 1.807) is 25.3 Å². The van der Waals surface area contributed by atoms with Crippen LogP contribution in [0.2, 0.25) is 5.02 Å². The molecule has 26 heavy (non-hydrogen) atoms. The van der Waals surface area contributed by atoms with Gasteiger partial charge in [-0.15, -0.1) is 0 Å². The minimum Gasteiger partial charge on any atom is -0.496 e. The van der Waals surface area contributed by atoms with Gasteiger partial charge in [0.2, 0.25) is 0 Å². The molecule has 1 aromatic heterocycles. The number of carbonyl (C=O) groups excluding carboxylic acids is 1. The number of fused-ring (bicyclic) bond motifs is 3. The zero-order valence-electron chi connectivity index (χ0n) is 14.7. The van der Waals surface area contributed by atoms with Crippen molar-refractivity contribution in [2.75, 3.05) is 7.11 Å². The molecule has 0 saturated carbocycles. The summed E-state index contributed by atoms with van der Waals surface area (Å²) in [5.74, 6) is 0.322. The summed E-state index contributed by atoms with van der Waals surface area (Å²) in [4.78, 5) is 16.1. The summed E-state index contributed by atoms with van der Waals surface area (Å²) in [6.07, 6.45) is 4.76. The van der Waals surface area contributed by atoms with Crippen LogP contribution in [0.5, 0.6) is 5.75 Å². The summed E-state index contributed by atoms with van der Waals surface area (Å²) in [6, 6.07) is 11.4. The summed E-state index contributed by atoms with van der Waals surface area (Å²) in [5, 5.41) is 4.76. The maximum atomic E-state index is 12.5. The molecular formula is C21H21ClN2O2. The molecule has 0 spiro atoms. The highest BCUT2D eigenvalue weighted by Gasteiger charge is 2.16. The highest BCUT2D eigenvalue weighted by atomic mass is 35.5. The molecule has 1 amide bonds. The Kier molecular flexibility index (Phi) is 4.60. The van der Waals surface area contributed by atoms with Gasteiger partial charge in [-0.2, -0.15) is 0 Å². The maximum absolute atomic E-state index is 12.5. The molecular weight excluding hydrogens is 348 g/mol. The number of amides is 1. The minimum absolute atomic E-state index is 0.194. The van der Waals surface area contributed by atoms with Crippen molar-refractivity contribution >= 4 is 28.4 Å². The number of hydrogen-bond donors (Lipinski definition) is 2. The minimum atomic E-state index is -0.194. The second-order valence-corrected chi connectivity index (χ2v) is 7.13. The molecule has 4 rings (SSSR count). The van der Waals surface area contributed by atoms with Gasteiger partial charge in [-0.05, 0) is 67.1 Å². The van der Waals surface area contributed by atoms with Crippen LogP contribution in [0.4, 0.5) is 0 Å². The molecule has 4 nitrogen and oxygen atoms in total. The Bertz CT molecular complexity index is 978. The lowest BCUT2D eigenvalue weighted by atomic mass is 9.95. The van der Waals surface area contributed by atoms with Crippen molar-refractivity contribution < 1.29 is 9.53 Å². The van der Waals surface area contributed by atoms with Gasteiger partial charge in [-0.1, -0.05) is 17.7 Å². The van der Waals surface area contributed by atoms with Crippen LogP contribution in [-0.2, 0) is 19.4 Å². The molecule has 1 aliphatic carbocycles. The van der Waals surface area contributed by atoms with Crippen molar-refractivity contribution in [3.05, 3.63) is 63.8 Å². The summed E-state index contributed by atoms with van der Waals surface area (Å²) in [5.41, 5.74) is 5.52. The van der Waals surface area contributed by atoms with Gasteiger partial charge < -0.3 is 15.0 Å². The number of methoxy groups -OCH3 is 1. The predicted molar refractivity (Wildman–Crippen MR) is 104 cm³/mol.